The smallest absolute Gasteiger partial charge is 0.307 e. The van der Waals surface area contributed by atoms with Gasteiger partial charge >= 0.3 is 5.97 Å². The molecule has 0 heterocycles. The van der Waals surface area contributed by atoms with Gasteiger partial charge in [0.2, 0.25) is 5.91 Å². The fourth-order valence-corrected chi connectivity index (χ4v) is 2.34. The summed E-state index contributed by atoms with van der Waals surface area (Å²) in [5.41, 5.74) is -0.0567. The zero-order chi connectivity index (χ0) is 16.1. The van der Waals surface area contributed by atoms with Gasteiger partial charge in [-0.3, -0.25) is 14.4 Å². The first-order valence-corrected chi connectivity index (χ1v) is 7.04. The number of carboxylic acids is 1. The lowest BCUT2D eigenvalue weighted by molar-refractivity contribution is -0.152. The van der Waals surface area contributed by atoms with Crippen LogP contribution in [0.4, 0.5) is 4.39 Å². The molecular weight excluding hydrogens is 291 g/mol. The van der Waals surface area contributed by atoms with Crippen molar-refractivity contribution < 1.29 is 23.9 Å². The van der Waals surface area contributed by atoms with E-state index in [0.29, 0.717) is 12.8 Å². The Hall–Kier alpha value is -2.44. The molecule has 1 aliphatic carbocycles. The van der Waals surface area contributed by atoms with E-state index in [0.717, 1.165) is 0 Å². The van der Waals surface area contributed by atoms with E-state index >= 15 is 0 Å². The van der Waals surface area contributed by atoms with Crippen molar-refractivity contribution in [2.75, 3.05) is 13.1 Å². The molecule has 3 N–H and O–H groups in total. The van der Waals surface area contributed by atoms with Gasteiger partial charge in [-0.15, -0.1) is 0 Å². The Morgan fingerprint density at radius 3 is 2.32 bits per heavy atom. The van der Waals surface area contributed by atoms with E-state index in [4.69, 9.17) is 5.11 Å². The Balaban J connectivity index is 1.71. The minimum absolute atomic E-state index is 0.0567. The van der Waals surface area contributed by atoms with E-state index in [-0.39, 0.29) is 24.6 Å². The van der Waals surface area contributed by atoms with Gasteiger partial charge in [0.05, 0.1) is 17.4 Å². The average molecular weight is 308 g/mol. The largest absolute Gasteiger partial charge is 0.481 e. The van der Waals surface area contributed by atoms with Crippen LogP contribution in [-0.4, -0.2) is 36.0 Å². The monoisotopic (exact) mass is 308 g/mol. The molecule has 0 aromatic heterocycles. The first kappa shape index (κ1) is 15.9. The molecule has 1 aliphatic rings. The molecule has 0 radical (unpaired) electrons. The highest BCUT2D eigenvalue weighted by Gasteiger charge is 2.41. The lowest BCUT2D eigenvalue weighted by Crippen LogP contribution is -2.45. The molecule has 118 valence electrons. The zero-order valence-corrected chi connectivity index (χ0v) is 11.8. The fraction of sp³-hybridized carbons (Fsp3) is 0.400. The number of nitrogens with one attached hydrogen (secondary N) is 2. The Labute approximate surface area is 126 Å². The molecule has 2 amide bonds. The Morgan fingerprint density at radius 1 is 1.09 bits per heavy atom. The predicted molar refractivity (Wildman–Crippen MR) is 75.6 cm³/mol. The molecule has 2 atom stereocenters. The minimum Gasteiger partial charge on any atom is -0.481 e. The van der Waals surface area contributed by atoms with Crippen LogP contribution < -0.4 is 10.6 Å². The number of carbonyl (C=O) groups is 3. The normalized spacial score (nSPS) is 19.9. The quantitative estimate of drug-likeness (QED) is 0.677. The summed E-state index contributed by atoms with van der Waals surface area (Å²) in [5.74, 6) is -3.56. The molecule has 0 aliphatic heterocycles. The number of carboxylic acid groups (broad SMARTS) is 1. The molecule has 0 spiro atoms. The lowest BCUT2D eigenvalue weighted by Gasteiger charge is -2.31. The highest BCUT2D eigenvalue weighted by Crippen LogP contribution is 2.34. The van der Waals surface area contributed by atoms with Gasteiger partial charge < -0.3 is 15.7 Å². The van der Waals surface area contributed by atoms with Gasteiger partial charge in [0.15, 0.2) is 0 Å². The standard InChI is InChI=1S/C15H17FN2O4/c16-12-4-2-1-3-11(12)14(20)18-8-7-17-13(19)9-5-6-10(9)15(21)22/h1-4,9-10H,5-8H2,(H,17,19)(H,18,20)(H,21,22). The average Bonchev–Trinajstić information content (AvgIpc) is 2.42. The van der Waals surface area contributed by atoms with Crippen LogP contribution in [0.25, 0.3) is 0 Å². The number of hydrogen-bond acceptors (Lipinski definition) is 3. The fourth-order valence-electron chi connectivity index (χ4n) is 2.34. The lowest BCUT2D eigenvalue weighted by atomic mass is 9.73. The third kappa shape index (κ3) is 3.60. The van der Waals surface area contributed by atoms with E-state index in [1.165, 1.54) is 18.2 Å². The summed E-state index contributed by atoms with van der Waals surface area (Å²) < 4.78 is 13.4. The Bertz CT molecular complexity index is 591. The van der Waals surface area contributed by atoms with Crippen molar-refractivity contribution in [3.8, 4) is 0 Å². The summed E-state index contributed by atoms with van der Waals surface area (Å²) in [6, 6.07) is 5.61. The van der Waals surface area contributed by atoms with Gasteiger partial charge in [-0.05, 0) is 25.0 Å². The molecule has 1 saturated carbocycles. The van der Waals surface area contributed by atoms with Crippen LogP contribution in [0.1, 0.15) is 23.2 Å². The van der Waals surface area contributed by atoms with Crippen molar-refractivity contribution in [2.45, 2.75) is 12.8 Å². The molecule has 1 aromatic carbocycles. The van der Waals surface area contributed by atoms with Crippen LogP contribution >= 0.6 is 0 Å². The number of benzene rings is 1. The number of hydrogen-bond donors (Lipinski definition) is 3. The molecule has 7 heteroatoms. The first-order chi connectivity index (χ1) is 10.5. The number of carbonyl (C=O) groups excluding carboxylic acids is 2. The van der Waals surface area contributed by atoms with Crippen molar-refractivity contribution in [3.63, 3.8) is 0 Å². The molecule has 22 heavy (non-hydrogen) atoms. The van der Waals surface area contributed by atoms with E-state index < -0.39 is 29.5 Å². The van der Waals surface area contributed by atoms with Crippen LogP contribution in [0, 0.1) is 17.7 Å². The zero-order valence-electron chi connectivity index (χ0n) is 11.8. The predicted octanol–water partition coefficient (Wildman–Crippen LogP) is 0.783. The molecule has 2 unspecified atom stereocenters. The van der Waals surface area contributed by atoms with Crippen molar-refractivity contribution in [1.82, 2.24) is 10.6 Å². The highest BCUT2D eigenvalue weighted by molar-refractivity contribution is 5.94. The van der Waals surface area contributed by atoms with Crippen LogP contribution in [0.2, 0.25) is 0 Å². The molecule has 0 bridgehead atoms. The topological polar surface area (TPSA) is 95.5 Å². The molecule has 0 saturated heterocycles. The number of aliphatic carboxylic acids is 1. The maximum absolute atomic E-state index is 13.4. The van der Waals surface area contributed by atoms with E-state index in [1.54, 1.807) is 6.07 Å². The van der Waals surface area contributed by atoms with Gasteiger partial charge in [0.1, 0.15) is 5.82 Å². The summed E-state index contributed by atoms with van der Waals surface area (Å²) in [6.07, 6.45) is 1.07. The number of halogens is 1. The summed E-state index contributed by atoms with van der Waals surface area (Å²) in [6.45, 7) is 0.311. The summed E-state index contributed by atoms with van der Waals surface area (Å²) in [4.78, 5) is 34.3. The summed E-state index contributed by atoms with van der Waals surface area (Å²) >= 11 is 0. The third-order valence-corrected chi connectivity index (χ3v) is 3.76. The second-order valence-corrected chi connectivity index (χ2v) is 5.16. The molecule has 1 fully saturated rings. The van der Waals surface area contributed by atoms with Crippen molar-refractivity contribution in [2.24, 2.45) is 11.8 Å². The third-order valence-electron chi connectivity index (χ3n) is 3.76. The Morgan fingerprint density at radius 2 is 1.73 bits per heavy atom. The summed E-state index contributed by atoms with van der Waals surface area (Å²) in [5, 5.41) is 14.0. The van der Waals surface area contributed by atoms with Crippen molar-refractivity contribution in [3.05, 3.63) is 35.6 Å². The van der Waals surface area contributed by atoms with Gasteiger partial charge in [-0.1, -0.05) is 12.1 Å². The second-order valence-electron chi connectivity index (χ2n) is 5.16. The molecule has 1 aromatic rings. The van der Waals surface area contributed by atoms with E-state index in [9.17, 15) is 18.8 Å². The SMILES string of the molecule is O=C(NCCNC(=O)C1CCC1C(=O)O)c1ccccc1F. The maximum Gasteiger partial charge on any atom is 0.307 e. The van der Waals surface area contributed by atoms with Crippen LogP contribution in [0.3, 0.4) is 0 Å². The summed E-state index contributed by atoms with van der Waals surface area (Å²) in [7, 11) is 0. The van der Waals surface area contributed by atoms with Crippen LogP contribution in [0.15, 0.2) is 24.3 Å². The first-order valence-electron chi connectivity index (χ1n) is 7.04. The number of rotatable bonds is 6. The molecule has 6 nitrogen and oxygen atoms in total. The van der Waals surface area contributed by atoms with Crippen molar-refractivity contribution in [1.29, 1.82) is 0 Å². The highest BCUT2D eigenvalue weighted by atomic mass is 19.1. The van der Waals surface area contributed by atoms with E-state index in [1.807, 2.05) is 0 Å². The molecular formula is C15H17FN2O4. The molecule has 2 rings (SSSR count). The number of amides is 2. The van der Waals surface area contributed by atoms with Crippen molar-refractivity contribution >= 4 is 17.8 Å². The maximum atomic E-state index is 13.4. The van der Waals surface area contributed by atoms with Crippen LogP contribution in [0.5, 0.6) is 0 Å². The van der Waals surface area contributed by atoms with Gasteiger partial charge in [-0.2, -0.15) is 0 Å². The van der Waals surface area contributed by atoms with Crippen LogP contribution in [-0.2, 0) is 9.59 Å². The minimum atomic E-state index is -0.959. The Kier molecular flexibility index (Phi) is 5.08. The van der Waals surface area contributed by atoms with E-state index in [2.05, 4.69) is 10.6 Å². The van der Waals surface area contributed by atoms with Gasteiger partial charge in [0, 0.05) is 13.1 Å². The van der Waals surface area contributed by atoms with Gasteiger partial charge in [0.25, 0.3) is 5.91 Å². The van der Waals surface area contributed by atoms with Gasteiger partial charge in [-0.25, -0.2) is 4.39 Å². The second kappa shape index (κ2) is 7.02.